The number of likely N-dealkylation sites (tertiary alicyclic amines) is 1. The second kappa shape index (κ2) is 6.27. The Morgan fingerprint density at radius 1 is 1.38 bits per heavy atom. The summed E-state index contributed by atoms with van der Waals surface area (Å²) < 4.78 is 28.4. The Labute approximate surface area is 138 Å². The zero-order valence-corrected chi connectivity index (χ0v) is 13.5. The summed E-state index contributed by atoms with van der Waals surface area (Å²) in [6.07, 6.45) is 2.49. The van der Waals surface area contributed by atoms with Gasteiger partial charge in [-0.05, 0) is 19.3 Å². The SMILES string of the molecule is CNc1cc(F)c(F)c2c(C(=N)N3CCCC(N)CC3)c(N)[nH]c12. The van der Waals surface area contributed by atoms with Crippen LogP contribution in [-0.4, -0.2) is 41.9 Å². The van der Waals surface area contributed by atoms with Crippen molar-refractivity contribution in [2.24, 2.45) is 5.73 Å². The second-order valence-corrected chi connectivity index (χ2v) is 6.16. The van der Waals surface area contributed by atoms with Gasteiger partial charge in [-0.15, -0.1) is 0 Å². The first kappa shape index (κ1) is 16.5. The predicted molar refractivity (Wildman–Crippen MR) is 92.4 cm³/mol. The number of nitrogens with one attached hydrogen (secondary N) is 3. The van der Waals surface area contributed by atoms with Crippen molar-refractivity contribution in [2.45, 2.75) is 25.3 Å². The molecule has 1 atom stereocenters. The average Bonchev–Trinajstić information content (AvgIpc) is 2.74. The lowest BCUT2D eigenvalue weighted by molar-refractivity contribution is 0.430. The highest BCUT2D eigenvalue weighted by molar-refractivity contribution is 6.14. The van der Waals surface area contributed by atoms with Crippen LogP contribution in [0.2, 0.25) is 0 Å². The second-order valence-electron chi connectivity index (χ2n) is 6.16. The number of anilines is 2. The summed E-state index contributed by atoms with van der Waals surface area (Å²) in [6.45, 7) is 1.25. The third-order valence-corrected chi connectivity index (χ3v) is 4.59. The summed E-state index contributed by atoms with van der Waals surface area (Å²) >= 11 is 0. The monoisotopic (exact) mass is 336 g/mol. The predicted octanol–water partition coefficient (Wildman–Crippen LogP) is 2.21. The van der Waals surface area contributed by atoms with Gasteiger partial charge in [0, 0.05) is 32.2 Å². The number of rotatable bonds is 2. The third kappa shape index (κ3) is 2.66. The number of fused-ring (bicyclic) bond motifs is 1. The van der Waals surface area contributed by atoms with Crippen LogP contribution in [0.15, 0.2) is 6.07 Å². The van der Waals surface area contributed by atoms with Gasteiger partial charge in [0.2, 0.25) is 0 Å². The lowest BCUT2D eigenvalue weighted by Gasteiger charge is -2.23. The van der Waals surface area contributed by atoms with Gasteiger partial charge < -0.3 is 26.7 Å². The van der Waals surface area contributed by atoms with E-state index in [9.17, 15) is 8.78 Å². The molecule has 7 N–H and O–H groups in total. The van der Waals surface area contributed by atoms with Crippen LogP contribution in [0.1, 0.15) is 24.8 Å². The Morgan fingerprint density at radius 2 is 2.12 bits per heavy atom. The lowest BCUT2D eigenvalue weighted by Crippen LogP contribution is -2.33. The lowest BCUT2D eigenvalue weighted by atomic mass is 10.1. The fourth-order valence-corrected chi connectivity index (χ4v) is 3.27. The Hall–Kier alpha value is -2.35. The number of nitrogens with zero attached hydrogens (tertiary/aromatic N) is 1. The molecular weight excluding hydrogens is 314 g/mol. The van der Waals surface area contributed by atoms with Crippen LogP contribution in [0, 0.1) is 17.0 Å². The minimum absolute atomic E-state index is 0.00963. The molecule has 0 saturated carbocycles. The molecule has 0 bridgehead atoms. The van der Waals surface area contributed by atoms with Crippen LogP contribution in [0.3, 0.4) is 0 Å². The van der Waals surface area contributed by atoms with Gasteiger partial charge in [0.25, 0.3) is 0 Å². The standard InChI is InChI=1S/C16H22F2N6/c1-22-10-7-9(17)13(18)11-12(15(20)23-14(10)11)16(21)24-5-2-3-8(19)4-6-24/h7-8,21-23H,2-6,19-20H2,1H3. The van der Waals surface area contributed by atoms with E-state index >= 15 is 0 Å². The maximum Gasteiger partial charge on any atom is 0.169 e. The van der Waals surface area contributed by atoms with Crippen molar-refractivity contribution < 1.29 is 8.78 Å². The van der Waals surface area contributed by atoms with E-state index in [0.29, 0.717) is 24.3 Å². The van der Waals surface area contributed by atoms with Gasteiger partial charge in [-0.2, -0.15) is 0 Å². The van der Waals surface area contributed by atoms with Gasteiger partial charge in [-0.3, -0.25) is 5.41 Å². The van der Waals surface area contributed by atoms with E-state index in [1.165, 1.54) is 0 Å². The fraction of sp³-hybridized carbons (Fsp3) is 0.438. The highest BCUT2D eigenvalue weighted by Gasteiger charge is 2.26. The maximum absolute atomic E-state index is 14.4. The molecule has 0 radical (unpaired) electrons. The Morgan fingerprint density at radius 3 is 2.83 bits per heavy atom. The highest BCUT2D eigenvalue weighted by atomic mass is 19.2. The van der Waals surface area contributed by atoms with Crippen molar-refractivity contribution in [1.29, 1.82) is 5.41 Å². The summed E-state index contributed by atoms with van der Waals surface area (Å²) in [4.78, 5) is 4.70. The first-order valence-electron chi connectivity index (χ1n) is 8.00. The van der Waals surface area contributed by atoms with Crippen LogP contribution < -0.4 is 16.8 Å². The van der Waals surface area contributed by atoms with Gasteiger partial charge in [0.1, 0.15) is 11.7 Å². The number of benzene rings is 1. The molecule has 0 amide bonds. The summed E-state index contributed by atoms with van der Waals surface area (Å²) in [7, 11) is 1.62. The summed E-state index contributed by atoms with van der Waals surface area (Å²) in [5, 5.41) is 11.3. The van der Waals surface area contributed by atoms with Gasteiger partial charge >= 0.3 is 0 Å². The Bertz CT molecular complexity index is 785. The molecule has 0 spiro atoms. The number of hydrogen-bond acceptors (Lipinski definition) is 4. The van der Waals surface area contributed by atoms with Crippen LogP contribution in [-0.2, 0) is 0 Å². The van der Waals surface area contributed by atoms with E-state index in [1.807, 2.05) is 4.90 Å². The maximum atomic E-state index is 14.4. The average molecular weight is 336 g/mol. The molecule has 1 aliphatic heterocycles. The molecule has 1 aromatic heterocycles. The molecule has 24 heavy (non-hydrogen) atoms. The number of hydrogen-bond donors (Lipinski definition) is 5. The van der Waals surface area contributed by atoms with E-state index in [0.717, 1.165) is 25.3 Å². The van der Waals surface area contributed by atoms with Gasteiger partial charge in [0.05, 0.1) is 22.2 Å². The van der Waals surface area contributed by atoms with Crippen molar-refractivity contribution in [3.8, 4) is 0 Å². The zero-order chi connectivity index (χ0) is 17.4. The minimum Gasteiger partial charge on any atom is -0.386 e. The summed E-state index contributed by atoms with van der Waals surface area (Å²) in [5.41, 5.74) is 12.9. The molecule has 8 heteroatoms. The Balaban J connectivity index is 2.10. The topological polar surface area (TPSA) is 107 Å². The van der Waals surface area contributed by atoms with E-state index < -0.39 is 11.6 Å². The van der Waals surface area contributed by atoms with E-state index in [1.54, 1.807) is 7.05 Å². The molecule has 1 aliphatic rings. The van der Waals surface area contributed by atoms with Crippen molar-refractivity contribution in [2.75, 3.05) is 31.2 Å². The number of H-pyrrole nitrogens is 1. The number of amidine groups is 1. The van der Waals surface area contributed by atoms with Gasteiger partial charge in [-0.25, -0.2) is 8.78 Å². The van der Waals surface area contributed by atoms with Crippen LogP contribution in [0.25, 0.3) is 10.9 Å². The minimum atomic E-state index is -0.997. The first-order chi connectivity index (χ1) is 11.4. The molecule has 0 aliphatic carbocycles. The van der Waals surface area contributed by atoms with Crippen LogP contribution >= 0.6 is 0 Å². The molecule has 2 aromatic rings. The zero-order valence-electron chi connectivity index (χ0n) is 13.5. The summed E-state index contributed by atoms with van der Waals surface area (Å²) in [6, 6.07) is 1.18. The smallest absolute Gasteiger partial charge is 0.169 e. The van der Waals surface area contributed by atoms with Crippen LogP contribution in [0.4, 0.5) is 20.3 Å². The molecular formula is C16H22F2N6. The summed E-state index contributed by atoms with van der Waals surface area (Å²) in [5.74, 6) is -1.72. The van der Waals surface area contributed by atoms with Crippen molar-refractivity contribution in [3.63, 3.8) is 0 Å². The van der Waals surface area contributed by atoms with E-state index in [4.69, 9.17) is 16.9 Å². The van der Waals surface area contributed by atoms with Gasteiger partial charge in [0.15, 0.2) is 11.6 Å². The highest BCUT2D eigenvalue weighted by Crippen LogP contribution is 2.34. The quantitative estimate of drug-likeness (QED) is 0.428. The van der Waals surface area contributed by atoms with E-state index in [-0.39, 0.29) is 28.6 Å². The van der Waals surface area contributed by atoms with Crippen molar-refractivity contribution in [1.82, 2.24) is 9.88 Å². The number of nitrogen functional groups attached to an aromatic ring is 1. The molecule has 1 unspecified atom stereocenters. The van der Waals surface area contributed by atoms with E-state index in [2.05, 4.69) is 10.3 Å². The number of aromatic nitrogens is 1. The Kier molecular flexibility index (Phi) is 4.31. The molecule has 130 valence electrons. The van der Waals surface area contributed by atoms with Crippen molar-refractivity contribution in [3.05, 3.63) is 23.3 Å². The van der Waals surface area contributed by atoms with Crippen molar-refractivity contribution >= 4 is 28.2 Å². The first-order valence-corrected chi connectivity index (χ1v) is 8.00. The molecule has 1 aromatic carbocycles. The molecule has 1 saturated heterocycles. The molecule has 1 fully saturated rings. The van der Waals surface area contributed by atoms with Crippen LogP contribution in [0.5, 0.6) is 0 Å². The fourth-order valence-electron chi connectivity index (χ4n) is 3.27. The molecule has 6 nitrogen and oxygen atoms in total. The van der Waals surface area contributed by atoms with Gasteiger partial charge in [-0.1, -0.05) is 0 Å². The molecule has 2 heterocycles. The number of nitrogens with two attached hydrogens (primary N) is 2. The number of halogens is 2. The number of aromatic amines is 1. The largest absolute Gasteiger partial charge is 0.386 e. The normalized spacial score (nSPS) is 18.7. The molecule has 3 rings (SSSR count). The third-order valence-electron chi connectivity index (χ3n) is 4.59.